The molecule has 6 nitrogen and oxygen atoms in total. The van der Waals surface area contributed by atoms with Crippen LogP contribution < -0.4 is 5.32 Å². The summed E-state index contributed by atoms with van der Waals surface area (Å²) in [4.78, 5) is 36.8. The van der Waals surface area contributed by atoms with Crippen LogP contribution in [0.3, 0.4) is 0 Å². The number of esters is 1. The number of halogens is 1. The molecule has 0 bridgehead atoms. The lowest BCUT2D eigenvalue weighted by atomic mass is 10.1. The van der Waals surface area contributed by atoms with E-state index < -0.39 is 18.0 Å². The first-order valence-electron chi connectivity index (χ1n) is 9.03. The zero-order valence-electron chi connectivity index (χ0n) is 16.0. The number of amides is 1. The summed E-state index contributed by atoms with van der Waals surface area (Å²) in [5.41, 5.74) is 1.43. The molecule has 0 aliphatic rings. The van der Waals surface area contributed by atoms with Crippen LogP contribution in [0.2, 0.25) is 0 Å². The largest absolute Gasteiger partial charge is 0.451 e. The van der Waals surface area contributed by atoms with Crippen molar-refractivity contribution in [2.75, 3.05) is 5.32 Å². The monoisotopic (exact) mass is 515 g/mol. The summed E-state index contributed by atoms with van der Waals surface area (Å²) in [6.45, 7) is 1.45. The molecule has 30 heavy (non-hydrogen) atoms. The van der Waals surface area contributed by atoms with Crippen LogP contribution >= 0.6 is 22.6 Å². The van der Waals surface area contributed by atoms with E-state index in [0.29, 0.717) is 26.3 Å². The second-order valence-electron chi connectivity index (χ2n) is 6.33. The third-order valence-corrected chi connectivity index (χ3v) is 4.67. The summed E-state index contributed by atoms with van der Waals surface area (Å²) in [5.74, 6) is -0.841. The summed E-state index contributed by atoms with van der Waals surface area (Å²) in [6.07, 6.45) is 1.51. The van der Waals surface area contributed by atoms with Crippen LogP contribution in [0.25, 0.3) is 6.08 Å². The van der Waals surface area contributed by atoms with Crippen molar-refractivity contribution in [3.05, 3.63) is 93.5 Å². The molecule has 2 aromatic carbocycles. The summed E-state index contributed by atoms with van der Waals surface area (Å²) in [7, 11) is 0. The lowest BCUT2D eigenvalue weighted by Gasteiger charge is -2.17. The summed E-state index contributed by atoms with van der Waals surface area (Å²) < 4.78 is 11.5. The molecular formula is C23H18INO5. The van der Waals surface area contributed by atoms with E-state index in [1.54, 1.807) is 66.7 Å². The van der Waals surface area contributed by atoms with E-state index in [1.165, 1.54) is 19.1 Å². The predicted molar refractivity (Wildman–Crippen MR) is 121 cm³/mol. The van der Waals surface area contributed by atoms with Crippen LogP contribution in [0.15, 0.2) is 77.2 Å². The van der Waals surface area contributed by atoms with Gasteiger partial charge in [-0.05, 0) is 59.9 Å². The average molecular weight is 515 g/mol. The van der Waals surface area contributed by atoms with Crippen LogP contribution in [0.1, 0.15) is 34.7 Å². The molecule has 0 aliphatic carbocycles. The van der Waals surface area contributed by atoms with Gasteiger partial charge in [-0.2, -0.15) is 0 Å². The number of carbonyl (C=O) groups is 3. The Hall–Kier alpha value is -3.20. The Balaban J connectivity index is 1.77. The number of Topliss-reactive ketones (excluding diaryl/α,β-unsaturated/α-hetero) is 1. The molecule has 3 aromatic rings. The van der Waals surface area contributed by atoms with Gasteiger partial charge in [-0.3, -0.25) is 9.59 Å². The smallest absolute Gasteiger partial charge is 0.332 e. The van der Waals surface area contributed by atoms with E-state index in [0.717, 1.165) is 0 Å². The minimum absolute atomic E-state index is 0.116. The highest BCUT2D eigenvalue weighted by Gasteiger charge is 2.24. The Labute approximate surface area is 187 Å². The fourth-order valence-corrected chi connectivity index (χ4v) is 3.08. The molecule has 0 spiro atoms. The van der Waals surface area contributed by atoms with E-state index in [2.05, 4.69) is 5.32 Å². The van der Waals surface area contributed by atoms with Crippen molar-refractivity contribution in [2.24, 2.45) is 0 Å². The molecule has 1 aromatic heterocycles. The third-order valence-electron chi connectivity index (χ3n) is 4.09. The molecular weight excluding hydrogens is 497 g/mol. The van der Waals surface area contributed by atoms with Crippen LogP contribution in [0.4, 0.5) is 5.69 Å². The third kappa shape index (κ3) is 5.90. The number of ketones is 1. The molecule has 1 heterocycles. The molecule has 3 rings (SSSR count). The first-order valence-corrected chi connectivity index (χ1v) is 10.1. The van der Waals surface area contributed by atoms with E-state index >= 15 is 0 Å². The molecule has 1 N–H and O–H groups in total. The average Bonchev–Trinajstić information content (AvgIpc) is 3.16. The molecule has 1 atom stereocenters. The molecule has 0 fully saturated rings. The zero-order chi connectivity index (χ0) is 21.5. The van der Waals surface area contributed by atoms with Crippen molar-refractivity contribution < 1.29 is 23.5 Å². The Morgan fingerprint density at radius 3 is 2.47 bits per heavy atom. The second kappa shape index (κ2) is 10.0. The molecule has 0 saturated carbocycles. The predicted octanol–water partition coefficient (Wildman–Crippen LogP) is 5.02. The van der Waals surface area contributed by atoms with Crippen LogP contribution in [0.5, 0.6) is 0 Å². The van der Waals surface area contributed by atoms with Gasteiger partial charge in [0.25, 0.3) is 5.91 Å². The minimum Gasteiger partial charge on any atom is -0.451 e. The van der Waals surface area contributed by atoms with Gasteiger partial charge in [0, 0.05) is 22.9 Å². The first-order chi connectivity index (χ1) is 14.4. The van der Waals surface area contributed by atoms with Gasteiger partial charge in [0.05, 0.1) is 0 Å². The minimum atomic E-state index is -1.17. The molecule has 0 radical (unpaired) electrons. The summed E-state index contributed by atoms with van der Waals surface area (Å²) in [6, 6.07) is 18.7. The number of hydrogen-bond acceptors (Lipinski definition) is 5. The molecule has 0 aliphatic heterocycles. The van der Waals surface area contributed by atoms with Gasteiger partial charge in [-0.15, -0.1) is 0 Å². The number of ether oxygens (including phenoxy) is 1. The maximum absolute atomic E-state index is 12.9. The van der Waals surface area contributed by atoms with Crippen molar-refractivity contribution in [2.45, 2.75) is 13.0 Å². The first kappa shape index (κ1) is 21.5. The highest BCUT2D eigenvalue weighted by molar-refractivity contribution is 14.1. The van der Waals surface area contributed by atoms with Crippen molar-refractivity contribution in [1.82, 2.24) is 0 Å². The quantitative estimate of drug-likeness (QED) is 0.207. The van der Waals surface area contributed by atoms with Gasteiger partial charge in [-0.25, -0.2) is 4.79 Å². The standard InChI is InChI=1S/C23H18INO5/c1-15(26)17-8-5-9-18(14-17)25-23(28)22(16-6-3-2-4-7-16)30-21(27)13-11-19-10-12-20(24)29-19/h2-14,22H,1H3,(H,25,28). The van der Waals surface area contributed by atoms with Crippen molar-refractivity contribution >= 4 is 52.0 Å². The van der Waals surface area contributed by atoms with Gasteiger partial charge < -0.3 is 14.5 Å². The Morgan fingerprint density at radius 2 is 1.80 bits per heavy atom. The lowest BCUT2D eigenvalue weighted by molar-refractivity contribution is -0.149. The second-order valence-corrected chi connectivity index (χ2v) is 7.39. The Kier molecular flexibility index (Phi) is 7.18. The lowest BCUT2D eigenvalue weighted by Crippen LogP contribution is -2.25. The number of benzene rings is 2. The maximum atomic E-state index is 12.9. The molecule has 0 saturated heterocycles. The number of carbonyl (C=O) groups excluding carboxylic acids is 3. The van der Waals surface area contributed by atoms with Gasteiger partial charge >= 0.3 is 5.97 Å². The summed E-state index contributed by atoms with van der Waals surface area (Å²) >= 11 is 2.02. The van der Waals surface area contributed by atoms with E-state index in [-0.39, 0.29) is 5.78 Å². The molecule has 152 valence electrons. The van der Waals surface area contributed by atoms with E-state index in [1.807, 2.05) is 22.6 Å². The number of nitrogens with one attached hydrogen (secondary N) is 1. The maximum Gasteiger partial charge on any atom is 0.332 e. The number of anilines is 1. The van der Waals surface area contributed by atoms with Gasteiger partial charge in [0.2, 0.25) is 6.10 Å². The number of furan rings is 1. The van der Waals surface area contributed by atoms with Crippen molar-refractivity contribution in [3.63, 3.8) is 0 Å². The molecule has 7 heteroatoms. The fourth-order valence-electron chi connectivity index (χ4n) is 2.65. The number of hydrogen-bond donors (Lipinski definition) is 1. The van der Waals surface area contributed by atoms with E-state index in [9.17, 15) is 14.4 Å². The number of rotatable bonds is 7. The van der Waals surface area contributed by atoms with E-state index in [4.69, 9.17) is 9.15 Å². The van der Waals surface area contributed by atoms with Gasteiger partial charge in [-0.1, -0.05) is 42.5 Å². The van der Waals surface area contributed by atoms with Gasteiger partial charge in [0.1, 0.15) is 5.76 Å². The highest BCUT2D eigenvalue weighted by Crippen LogP contribution is 2.21. The van der Waals surface area contributed by atoms with Crippen LogP contribution in [-0.4, -0.2) is 17.7 Å². The van der Waals surface area contributed by atoms with Gasteiger partial charge in [0.15, 0.2) is 9.55 Å². The Morgan fingerprint density at radius 1 is 1.03 bits per heavy atom. The van der Waals surface area contributed by atoms with Crippen molar-refractivity contribution in [3.8, 4) is 0 Å². The zero-order valence-corrected chi connectivity index (χ0v) is 18.2. The molecule has 1 unspecified atom stereocenters. The summed E-state index contributed by atoms with van der Waals surface area (Å²) in [5, 5.41) is 2.71. The molecule has 1 amide bonds. The SMILES string of the molecule is CC(=O)c1cccc(NC(=O)C(OC(=O)C=Cc2ccc(I)o2)c2ccccc2)c1. The van der Waals surface area contributed by atoms with Crippen LogP contribution in [0, 0.1) is 3.77 Å². The fraction of sp³-hybridized carbons (Fsp3) is 0.0870. The highest BCUT2D eigenvalue weighted by atomic mass is 127. The van der Waals surface area contributed by atoms with Crippen LogP contribution in [-0.2, 0) is 14.3 Å². The Bertz CT molecular complexity index is 1090. The topological polar surface area (TPSA) is 85.6 Å². The normalized spacial score (nSPS) is 11.8. The van der Waals surface area contributed by atoms with Crippen molar-refractivity contribution in [1.29, 1.82) is 0 Å².